The molecule has 3 N–H and O–H groups in total. The first-order valence-corrected chi connectivity index (χ1v) is 6.01. The lowest BCUT2D eigenvalue weighted by Gasteiger charge is -2.30. The Labute approximate surface area is 97.5 Å². The minimum absolute atomic E-state index is 0.000846. The van der Waals surface area contributed by atoms with Crippen molar-refractivity contribution in [2.24, 2.45) is 5.41 Å². The van der Waals surface area contributed by atoms with Crippen molar-refractivity contribution in [2.45, 2.75) is 39.7 Å². The van der Waals surface area contributed by atoms with E-state index in [-0.39, 0.29) is 18.1 Å². The summed E-state index contributed by atoms with van der Waals surface area (Å²) in [7, 11) is 0. The molecular weight excluding hydrogens is 202 g/mol. The highest BCUT2D eigenvalue weighted by molar-refractivity contribution is 4.94. The molecule has 0 bridgehead atoms. The number of nitrogens with zero attached hydrogens (tertiary/aromatic N) is 1. The van der Waals surface area contributed by atoms with E-state index in [9.17, 15) is 5.11 Å². The molecule has 0 aliphatic rings. The normalized spacial score (nSPS) is 14.0. The molecule has 0 aliphatic carbocycles. The summed E-state index contributed by atoms with van der Waals surface area (Å²) in [4.78, 5) is 7.30. The standard InChI is InChI=1S/C12H23N3O/c1-4-12(5-2,9-16)8-15-10(3)11-13-6-7-14-11/h6-7,10,15-16H,4-5,8-9H2,1-3H3,(H,13,14). The third kappa shape index (κ3) is 3.06. The van der Waals surface area contributed by atoms with Gasteiger partial charge in [-0.25, -0.2) is 4.98 Å². The molecule has 92 valence electrons. The first-order valence-electron chi connectivity index (χ1n) is 6.01. The summed E-state index contributed by atoms with van der Waals surface area (Å²) in [6.45, 7) is 7.38. The van der Waals surface area contributed by atoms with Gasteiger partial charge in [0.2, 0.25) is 0 Å². The molecule has 1 rings (SSSR count). The van der Waals surface area contributed by atoms with Crippen LogP contribution in [-0.4, -0.2) is 28.2 Å². The van der Waals surface area contributed by atoms with Gasteiger partial charge >= 0.3 is 0 Å². The van der Waals surface area contributed by atoms with Gasteiger partial charge in [0, 0.05) is 31.0 Å². The Morgan fingerprint density at radius 1 is 1.50 bits per heavy atom. The van der Waals surface area contributed by atoms with E-state index in [1.165, 1.54) is 0 Å². The largest absolute Gasteiger partial charge is 0.396 e. The van der Waals surface area contributed by atoms with Gasteiger partial charge in [-0.05, 0) is 19.8 Å². The maximum absolute atomic E-state index is 9.46. The SMILES string of the molecule is CCC(CC)(CO)CNC(C)c1ncc[nH]1. The Balaban J connectivity index is 2.49. The van der Waals surface area contributed by atoms with Gasteiger partial charge in [0.05, 0.1) is 6.04 Å². The van der Waals surface area contributed by atoms with Gasteiger partial charge in [-0.15, -0.1) is 0 Å². The summed E-state index contributed by atoms with van der Waals surface area (Å²) < 4.78 is 0. The fourth-order valence-corrected chi connectivity index (χ4v) is 1.76. The molecule has 4 heteroatoms. The second kappa shape index (κ2) is 6.01. The molecule has 1 heterocycles. The van der Waals surface area contributed by atoms with Crippen molar-refractivity contribution in [1.82, 2.24) is 15.3 Å². The number of aromatic amines is 1. The predicted molar refractivity (Wildman–Crippen MR) is 65.1 cm³/mol. The average molecular weight is 225 g/mol. The van der Waals surface area contributed by atoms with Crippen LogP contribution in [0.3, 0.4) is 0 Å². The van der Waals surface area contributed by atoms with E-state index in [1.54, 1.807) is 6.20 Å². The van der Waals surface area contributed by atoms with Gasteiger partial charge in [0.25, 0.3) is 0 Å². The van der Waals surface area contributed by atoms with Crippen LogP contribution in [0.2, 0.25) is 0 Å². The van der Waals surface area contributed by atoms with Crippen LogP contribution in [0.25, 0.3) is 0 Å². The third-order valence-electron chi connectivity index (χ3n) is 3.55. The summed E-state index contributed by atoms with van der Waals surface area (Å²) in [6, 6.07) is 0.194. The van der Waals surface area contributed by atoms with Gasteiger partial charge in [0.15, 0.2) is 0 Å². The van der Waals surface area contributed by atoms with Crippen LogP contribution in [0.1, 0.15) is 45.5 Å². The molecular formula is C12H23N3O. The molecule has 0 fully saturated rings. The first kappa shape index (κ1) is 13.2. The third-order valence-corrected chi connectivity index (χ3v) is 3.55. The van der Waals surface area contributed by atoms with Crippen molar-refractivity contribution in [3.05, 3.63) is 18.2 Å². The lowest BCUT2D eigenvalue weighted by atomic mass is 9.83. The molecule has 1 aromatic heterocycles. The van der Waals surface area contributed by atoms with Crippen LogP contribution in [0.5, 0.6) is 0 Å². The lowest BCUT2D eigenvalue weighted by Crippen LogP contribution is -2.37. The Hall–Kier alpha value is -0.870. The van der Waals surface area contributed by atoms with E-state index < -0.39 is 0 Å². The first-order chi connectivity index (χ1) is 7.67. The summed E-state index contributed by atoms with van der Waals surface area (Å²) >= 11 is 0. The highest BCUT2D eigenvalue weighted by Crippen LogP contribution is 2.25. The van der Waals surface area contributed by atoms with Crippen molar-refractivity contribution in [3.63, 3.8) is 0 Å². The molecule has 16 heavy (non-hydrogen) atoms. The fourth-order valence-electron chi connectivity index (χ4n) is 1.76. The second-order valence-corrected chi connectivity index (χ2v) is 4.44. The van der Waals surface area contributed by atoms with Crippen LogP contribution < -0.4 is 5.32 Å². The minimum Gasteiger partial charge on any atom is -0.396 e. The van der Waals surface area contributed by atoms with E-state index in [1.807, 2.05) is 6.20 Å². The highest BCUT2D eigenvalue weighted by Gasteiger charge is 2.25. The number of hydrogen-bond acceptors (Lipinski definition) is 3. The smallest absolute Gasteiger partial charge is 0.122 e. The van der Waals surface area contributed by atoms with Crippen LogP contribution >= 0.6 is 0 Å². The summed E-state index contributed by atoms with van der Waals surface area (Å²) in [5.74, 6) is 0.944. The molecule has 1 unspecified atom stereocenters. The van der Waals surface area contributed by atoms with Crippen molar-refractivity contribution in [2.75, 3.05) is 13.2 Å². The number of aliphatic hydroxyl groups is 1. The van der Waals surface area contributed by atoms with Crippen molar-refractivity contribution in [3.8, 4) is 0 Å². The zero-order valence-corrected chi connectivity index (χ0v) is 10.5. The molecule has 0 radical (unpaired) electrons. The summed E-state index contributed by atoms with van der Waals surface area (Å²) in [5.41, 5.74) is 0.000846. The Morgan fingerprint density at radius 3 is 2.62 bits per heavy atom. The highest BCUT2D eigenvalue weighted by atomic mass is 16.3. The van der Waals surface area contributed by atoms with Crippen LogP contribution in [0, 0.1) is 5.41 Å². The molecule has 1 atom stereocenters. The zero-order chi connectivity index (χ0) is 12.0. The van der Waals surface area contributed by atoms with Crippen molar-refractivity contribution >= 4 is 0 Å². The van der Waals surface area contributed by atoms with Gasteiger partial charge in [-0.2, -0.15) is 0 Å². The molecule has 0 saturated carbocycles. The zero-order valence-electron chi connectivity index (χ0n) is 10.5. The van der Waals surface area contributed by atoms with E-state index in [2.05, 4.69) is 36.1 Å². The monoisotopic (exact) mass is 225 g/mol. The molecule has 0 amide bonds. The molecule has 4 nitrogen and oxygen atoms in total. The van der Waals surface area contributed by atoms with Gasteiger partial charge in [0.1, 0.15) is 5.82 Å². The summed E-state index contributed by atoms with van der Waals surface area (Å²) in [6.07, 6.45) is 5.55. The second-order valence-electron chi connectivity index (χ2n) is 4.44. The minimum atomic E-state index is 0.000846. The van der Waals surface area contributed by atoms with E-state index in [0.29, 0.717) is 0 Å². The number of H-pyrrole nitrogens is 1. The van der Waals surface area contributed by atoms with E-state index in [0.717, 1.165) is 25.2 Å². The number of aliphatic hydroxyl groups excluding tert-OH is 1. The van der Waals surface area contributed by atoms with Crippen LogP contribution in [-0.2, 0) is 0 Å². The number of rotatable bonds is 7. The molecule has 1 aromatic rings. The Morgan fingerprint density at radius 2 is 2.19 bits per heavy atom. The van der Waals surface area contributed by atoms with Gasteiger partial charge in [-0.1, -0.05) is 13.8 Å². The average Bonchev–Trinajstić information content (AvgIpc) is 2.85. The molecule has 0 aromatic carbocycles. The van der Waals surface area contributed by atoms with Crippen molar-refractivity contribution in [1.29, 1.82) is 0 Å². The topological polar surface area (TPSA) is 60.9 Å². The predicted octanol–water partition coefficient (Wildman–Crippen LogP) is 1.86. The maximum atomic E-state index is 9.46. The molecule has 0 saturated heterocycles. The number of aromatic nitrogens is 2. The number of hydrogen-bond donors (Lipinski definition) is 3. The Kier molecular flexibility index (Phi) is 4.96. The van der Waals surface area contributed by atoms with Crippen LogP contribution in [0.15, 0.2) is 12.4 Å². The van der Waals surface area contributed by atoms with Crippen LogP contribution in [0.4, 0.5) is 0 Å². The maximum Gasteiger partial charge on any atom is 0.122 e. The number of nitrogens with one attached hydrogen (secondary N) is 2. The van der Waals surface area contributed by atoms with Gasteiger partial charge in [-0.3, -0.25) is 0 Å². The summed E-state index contributed by atoms with van der Waals surface area (Å²) in [5, 5.41) is 12.9. The van der Waals surface area contributed by atoms with E-state index >= 15 is 0 Å². The fraction of sp³-hybridized carbons (Fsp3) is 0.750. The van der Waals surface area contributed by atoms with E-state index in [4.69, 9.17) is 0 Å². The quantitative estimate of drug-likeness (QED) is 0.664. The lowest BCUT2D eigenvalue weighted by molar-refractivity contribution is 0.110. The number of imidazole rings is 1. The molecule has 0 aliphatic heterocycles. The molecule has 0 spiro atoms. The van der Waals surface area contributed by atoms with Gasteiger partial charge < -0.3 is 15.4 Å². The van der Waals surface area contributed by atoms with Crippen molar-refractivity contribution < 1.29 is 5.11 Å². The Bertz CT molecular complexity index is 272.